The van der Waals surface area contributed by atoms with Gasteiger partial charge in [-0.15, -0.1) is 0 Å². The van der Waals surface area contributed by atoms with Gasteiger partial charge in [0.2, 0.25) is 5.78 Å². The second-order valence-electron chi connectivity index (χ2n) is 11.1. The number of carbonyl (C=O) groups excluding carboxylic acids is 4. The SMILES string of the molecule is CC(=O)O[C@@H]1C[C@H]2[C@@H](C=C[C@H]3C[C@@H](/C=C/C=C/C=C\C(=O)O)[C@@]4(C(=O)O[C@H](CO)C4=O)C(=O)[C@@]32C)[C@H](O)[C@H]1C. The summed E-state index contributed by atoms with van der Waals surface area (Å²) in [5.74, 6) is -6.68. The molecule has 0 radical (unpaired) electrons. The van der Waals surface area contributed by atoms with E-state index in [1.54, 1.807) is 26.0 Å². The monoisotopic (exact) mass is 542 g/mol. The molecule has 10 nitrogen and oxygen atoms in total. The smallest absolute Gasteiger partial charge is 0.328 e. The molecule has 4 aliphatic rings. The van der Waals surface area contributed by atoms with Gasteiger partial charge < -0.3 is 24.8 Å². The molecular weight excluding hydrogens is 508 g/mol. The highest BCUT2D eigenvalue weighted by molar-refractivity contribution is 6.28. The van der Waals surface area contributed by atoms with Gasteiger partial charge in [-0.3, -0.25) is 19.2 Å². The first-order chi connectivity index (χ1) is 18.4. The number of esters is 2. The summed E-state index contributed by atoms with van der Waals surface area (Å²) in [6, 6.07) is 0. The Morgan fingerprint density at radius 2 is 1.82 bits per heavy atom. The number of Topliss-reactive ketones (excluding diaryl/α,β-unsaturated/α-hetero) is 2. The molecule has 2 saturated carbocycles. The van der Waals surface area contributed by atoms with Crippen LogP contribution in [0.15, 0.2) is 48.6 Å². The van der Waals surface area contributed by atoms with Crippen LogP contribution in [0.5, 0.6) is 0 Å². The van der Waals surface area contributed by atoms with Crippen LogP contribution in [0.2, 0.25) is 0 Å². The van der Waals surface area contributed by atoms with Crippen molar-refractivity contribution in [3.63, 3.8) is 0 Å². The van der Waals surface area contributed by atoms with E-state index in [-0.39, 0.29) is 18.8 Å². The van der Waals surface area contributed by atoms with Crippen LogP contribution in [-0.4, -0.2) is 69.7 Å². The van der Waals surface area contributed by atoms with Crippen molar-refractivity contribution >= 4 is 29.5 Å². The molecule has 3 N–H and O–H groups in total. The summed E-state index contributed by atoms with van der Waals surface area (Å²) in [5, 5.41) is 29.6. The molecule has 210 valence electrons. The number of hydrogen-bond acceptors (Lipinski definition) is 9. The van der Waals surface area contributed by atoms with E-state index in [1.807, 2.05) is 12.2 Å². The first-order valence-electron chi connectivity index (χ1n) is 13.1. The molecule has 0 amide bonds. The minimum absolute atomic E-state index is 0.236. The van der Waals surface area contributed by atoms with Gasteiger partial charge in [-0.2, -0.15) is 0 Å². The van der Waals surface area contributed by atoms with Crippen molar-refractivity contribution in [2.45, 2.75) is 51.9 Å². The summed E-state index contributed by atoms with van der Waals surface area (Å²) in [4.78, 5) is 64.2. The third kappa shape index (κ3) is 4.49. The molecule has 10 heteroatoms. The maximum atomic E-state index is 14.6. The second kappa shape index (κ2) is 10.7. The van der Waals surface area contributed by atoms with Gasteiger partial charge in [0.15, 0.2) is 17.3 Å². The molecule has 0 bridgehead atoms. The third-order valence-corrected chi connectivity index (χ3v) is 9.14. The zero-order chi connectivity index (χ0) is 28.7. The van der Waals surface area contributed by atoms with Gasteiger partial charge in [0, 0.05) is 36.2 Å². The van der Waals surface area contributed by atoms with E-state index in [2.05, 4.69) is 0 Å². The van der Waals surface area contributed by atoms with Crippen molar-refractivity contribution in [2.75, 3.05) is 6.61 Å². The molecule has 1 aliphatic heterocycles. The van der Waals surface area contributed by atoms with E-state index in [1.165, 1.54) is 25.2 Å². The number of fused-ring (bicyclic) bond motifs is 3. The molecule has 39 heavy (non-hydrogen) atoms. The van der Waals surface area contributed by atoms with Crippen LogP contribution in [0.3, 0.4) is 0 Å². The number of ketones is 2. The summed E-state index contributed by atoms with van der Waals surface area (Å²) < 4.78 is 10.7. The van der Waals surface area contributed by atoms with Crippen molar-refractivity contribution in [2.24, 2.45) is 40.4 Å². The molecule has 1 heterocycles. The molecule has 4 rings (SSSR count). The van der Waals surface area contributed by atoms with Crippen LogP contribution in [-0.2, 0) is 33.4 Å². The van der Waals surface area contributed by atoms with Gasteiger partial charge in [0.25, 0.3) is 0 Å². The topological polar surface area (TPSA) is 164 Å². The zero-order valence-corrected chi connectivity index (χ0v) is 22.1. The second-order valence-corrected chi connectivity index (χ2v) is 11.1. The highest BCUT2D eigenvalue weighted by Gasteiger charge is 2.74. The number of aliphatic carboxylic acids is 1. The number of rotatable bonds is 6. The Bertz CT molecular complexity index is 1180. The van der Waals surface area contributed by atoms with Crippen molar-refractivity contribution < 1.29 is 48.8 Å². The quantitative estimate of drug-likeness (QED) is 0.147. The van der Waals surface area contributed by atoms with Gasteiger partial charge in [-0.25, -0.2) is 4.79 Å². The first kappa shape index (κ1) is 28.6. The molecule has 0 aromatic carbocycles. The summed E-state index contributed by atoms with van der Waals surface area (Å²) in [6.07, 6.45) is 9.58. The van der Waals surface area contributed by atoms with Gasteiger partial charge in [0.1, 0.15) is 6.10 Å². The van der Waals surface area contributed by atoms with Crippen molar-refractivity contribution in [1.82, 2.24) is 0 Å². The number of aliphatic hydroxyl groups excluding tert-OH is 2. The Labute approximate surface area is 226 Å². The molecule has 1 saturated heterocycles. The first-order valence-corrected chi connectivity index (χ1v) is 13.1. The lowest BCUT2D eigenvalue weighted by Gasteiger charge is -2.58. The lowest BCUT2D eigenvalue weighted by Crippen LogP contribution is -2.66. The number of cyclic esters (lactones) is 1. The Morgan fingerprint density at radius 3 is 2.44 bits per heavy atom. The van der Waals surface area contributed by atoms with Crippen LogP contribution < -0.4 is 0 Å². The fourth-order valence-electron chi connectivity index (χ4n) is 7.11. The fourth-order valence-corrected chi connectivity index (χ4v) is 7.11. The highest BCUT2D eigenvalue weighted by atomic mass is 16.6. The minimum Gasteiger partial charge on any atom is -0.478 e. The molecule has 3 aliphatic carbocycles. The Balaban J connectivity index is 1.78. The zero-order valence-electron chi connectivity index (χ0n) is 22.1. The Hall–Kier alpha value is -3.37. The predicted octanol–water partition coefficient (Wildman–Crippen LogP) is 1.56. The average Bonchev–Trinajstić information content (AvgIpc) is 3.13. The van der Waals surface area contributed by atoms with E-state index in [9.17, 15) is 34.2 Å². The molecule has 0 aromatic heterocycles. The summed E-state index contributed by atoms with van der Waals surface area (Å²) >= 11 is 0. The summed E-state index contributed by atoms with van der Waals surface area (Å²) in [7, 11) is 0. The van der Waals surface area contributed by atoms with Crippen molar-refractivity contribution in [1.29, 1.82) is 0 Å². The van der Waals surface area contributed by atoms with E-state index >= 15 is 0 Å². The van der Waals surface area contributed by atoms with Gasteiger partial charge in [-0.05, 0) is 24.7 Å². The number of hydrogen-bond donors (Lipinski definition) is 3. The number of aliphatic hydroxyl groups is 2. The normalized spacial score (nSPS) is 41.8. The average molecular weight is 543 g/mol. The number of allylic oxidation sites excluding steroid dienone is 6. The number of carboxylic acids is 1. The van der Waals surface area contributed by atoms with Crippen LogP contribution in [0.1, 0.15) is 33.6 Å². The van der Waals surface area contributed by atoms with E-state index in [0.717, 1.165) is 6.08 Å². The van der Waals surface area contributed by atoms with E-state index in [4.69, 9.17) is 14.6 Å². The van der Waals surface area contributed by atoms with Crippen LogP contribution in [0.4, 0.5) is 0 Å². The molecule has 10 atom stereocenters. The number of ether oxygens (including phenoxy) is 2. The summed E-state index contributed by atoms with van der Waals surface area (Å²) in [6.45, 7) is 4.01. The fraction of sp³-hybridized carbons (Fsp3) is 0.552. The predicted molar refractivity (Wildman–Crippen MR) is 136 cm³/mol. The van der Waals surface area contributed by atoms with Crippen molar-refractivity contribution in [3.8, 4) is 0 Å². The molecular formula is C29H34O10. The van der Waals surface area contributed by atoms with Crippen LogP contribution in [0.25, 0.3) is 0 Å². The van der Waals surface area contributed by atoms with E-state index < -0.39 is 88.9 Å². The standard InChI is InChI=1S/C29H34O10/c1-15-21(38-16(2)31)13-20-19(24(15)34)11-10-17-12-18(8-6-4-5-7-9-23(32)33)29(26(36)28(17,20)3)25(35)22(14-30)39-27(29)37/h4-11,15,17-22,24,30,34H,12-14H2,1-3H3,(H,32,33)/b5-4+,8-6+,9-7-/t15-,17-,18+,19+,20-,21+,22+,24+,28-,29-/m0/s1. The number of carbonyl (C=O) groups is 5. The minimum atomic E-state index is -2.18. The third-order valence-electron chi connectivity index (χ3n) is 9.14. The lowest BCUT2D eigenvalue weighted by molar-refractivity contribution is -0.180. The molecule has 1 spiro atoms. The van der Waals surface area contributed by atoms with Crippen molar-refractivity contribution in [3.05, 3.63) is 48.6 Å². The van der Waals surface area contributed by atoms with Gasteiger partial charge >= 0.3 is 17.9 Å². The van der Waals surface area contributed by atoms with Crippen LogP contribution in [0, 0.1) is 40.4 Å². The maximum absolute atomic E-state index is 14.6. The van der Waals surface area contributed by atoms with Gasteiger partial charge in [0.05, 0.1) is 12.7 Å². The Morgan fingerprint density at radius 1 is 1.13 bits per heavy atom. The molecule has 0 unspecified atom stereocenters. The maximum Gasteiger partial charge on any atom is 0.328 e. The summed E-state index contributed by atoms with van der Waals surface area (Å²) in [5.41, 5.74) is -3.44. The van der Waals surface area contributed by atoms with E-state index in [0.29, 0.717) is 0 Å². The Kier molecular flexibility index (Phi) is 7.82. The number of carboxylic acid groups (broad SMARTS) is 1. The lowest BCUT2D eigenvalue weighted by atomic mass is 9.43. The molecule has 0 aromatic rings. The largest absolute Gasteiger partial charge is 0.478 e. The van der Waals surface area contributed by atoms with Gasteiger partial charge in [-0.1, -0.05) is 56.4 Å². The molecule has 3 fully saturated rings. The highest BCUT2D eigenvalue weighted by Crippen LogP contribution is 2.62. The van der Waals surface area contributed by atoms with Crippen LogP contribution >= 0.6 is 0 Å².